The maximum Gasteiger partial charge on any atom is 0.320 e. The zero-order chi connectivity index (χ0) is 12.1. The molecule has 0 aromatic heterocycles. The first-order chi connectivity index (χ1) is 8.31. The Morgan fingerprint density at radius 3 is 2.41 bits per heavy atom. The fourth-order valence-electron chi connectivity index (χ4n) is 2.55. The molecule has 17 heavy (non-hydrogen) atoms. The summed E-state index contributed by atoms with van der Waals surface area (Å²) < 4.78 is 0. The Morgan fingerprint density at radius 1 is 1.06 bits per heavy atom. The number of carbonyl (C=O) groups is 1. The van der Waals surface area contributed by atoms with Gasteiger partial charge in [0.2, 0.25) is 0 Å². The van der Waals surface area contributed by atoms with Crippen molar-refractivity contribution >= 4 is 6.03 Å². The Kier molecular flexibility index (Phi) is 4.62. The lowest BCUT2D eigenvalue weighted by molar-refractivity contribution is 0.187. The van der Waals surface area contributed by atoms with E-state index < -0.39 is 0 Å². The van der Waals surface area contributed by atoms with Crippen LogP contribution in [0.2, 0.25) is 0 Å². The molecule has 0 spiro atoms. The van der Waals surface area contributed by atoms with Gasteiger partial charge in [0.25, 0.3) is 0 Å². The minimum absolute atomic E-state index is 0.229. The Labute approximate surface area is 104 Å². The molecule has 5 heteroatoms. The van der Waals surface area contributed by atoms with Gasteiger partial charge in [0, 0.05) is 52.4 Å². The van der Waals surface area contributed by atoms with Crippen LogP contribution in [0, 0.1) is 0 Å². The highest BCUT2D eigenvalue weighted by Gasteiger charge is 2.26. The maximum absolute atomic E-state index is 11.8. The molecule has 2 amide bonds. The van der Waals surface area contributed by atoms with E-state index in [-0.39, 0.29) is 6.03 Å². The molecule has 1 N–H and O–H groups in total. The summed E-state index contributed by atoms with van der Waals surface area (Å²) in [6, 6.07) is 0.229. The third kappa shape index (κ3) is 3.33. The van der Waals surface area contributed by atoms with Crippen molar-refractivity contribution in [1.82, 2.24) is 20.0 Å². The molecule has 0 atom stereocenters. The van der Waals surface area contributed by atoms with Crippen LogP contribution in [0.15, 0.2) is 0 Å². The van der Waals surface area contributed by atoms with Crippen LogP contribution < -0.4 is 5.32 Å². The van der Waals surface area contributed by atoms with Gasteiger partial charge in [0.05, 0.1) is 0 Å². The topological polar surface area (TPSA) is 38.8 Å². The summed E-state index contributed by atoms with van der Waals surface area (Å²) >= 11 is 0. The molecule has 0 aliphatic carbocycles. The Hall–Kier alpha value is -0.810. The molecule has 5 nitrogen and oxygen atoms in total. The van der Waals surface area contributed by atoms with Crippen molar-refractivity contribution in [2.24, 2.45) is 0 Å². The highest BCUT2D eigenvalue weighted by molar-refractivity contribution is 5.76. The average molecular weight is 240 g/mol. The van der Waals surface area contributed by atoms with Gasteiger partial charge in [-0.1, -0.05) is 0 Å². The highest BCUT2D eigenvalue weighted by Crippen LogP contribution is 2.08. The van der Waals surface area contributed by atoms with Crippen LogP contribution in [0.4, 0.5) is 4.79 Å². The minimum atomic E-state index is 0.229. The van der Waals surface area contributed by atoms with Gasteiger partial charge in [-0.25, -0.2) is 4.79 Å². The van der Waals surface area contributed by atoms with Gasteiger partial charge in [0.1, 0.15) is 0 Å². The van der Waals surface area contributed by atoms with E-state index in [1.807, 2.05) is 16.7 Å². The molecule has 0 saturated carbocycles. The summed E-state index contributed by atoms with van der Waals surface area (Å²) in [6.07, 6.45) is 1.10. The average Bonchev–Trinajstić information content (AvgIpc) is 2.72. The van der Waals surface area contributed by atoms with Gasteiger partial charge in [-0.3, -0.25) is 0 Å². The van der Waals surface area contributed by atoms with Crippen LogP contribution in [-0.2, 0) is 0 Å². The maximum atomic E-state index is 11.8. The molecular formula is C12H24N4O. The van der Waals surface area contributed by atoms with Crippen LogP contribution >= 0.6 is 0 Å². The van der Waals surface area contributed by atoms with Crippen molar-refractivity contribution in [3.05, 3.63) is 0 Å². The zero-order valence-corrected chi connectivity index (χ0v) is 10.8. The Morgan fingerprint density at radius 2 is 1.76 bits per heavy atom. The lowest BCUT2D eigenvalue weighted by Crippen LogP contribution is -2.44. The second-order valence-electron chi connectivity index (χ2n) is 4.79. The van der Waals surface area contributed by atoms with Gasteiger partial charge < -0.3 is 20.0 Å². The number of piperazine rings is 1. The van der Waals surface area contributed by atoms with E-state index in [1.54, 1.807) is 0 Å². The van der Waals surface area contributed by atoms with Gasteiger partial charge in [-0.15, -0.1) is 0 Å². The van der Waals surface area contributed by atoms with Gasteiger partial charge in [-0.05, 0) is 19.9 Å². The molecule has 0 unspecified atom stereocenters. The van der Waals surface area contributed by atoms with Crippen molar-refractivity contribution in [3.8, 4) is 0 Å². The van der Waals surface area contributed by atoms with E-state index in [4.69, 9.17) is 0 Å². The number of nitrogens with zero attached hydrogens (tertiary/aromatic N) is 3. The molecule has 2 heterocycles. The van der Waals surface area contributed by atoms with Crippen molar-refractivity contribution in [2.75, 3.05) is 58.9 Å². The lowest BCUT2D eigenvalue weighted by atomic mass is 10.3. The van der Waals surface area contributed by atoms with Crippen LogP contribution in [0.25, 0.3) is 0 Å². The number of nitrogens with one attached hydrogen (secondary N) is 1. The number of carbonyl (C=O) groups excluding carboxylic acids is 1. The molecular weight excluding hydrogens is 216 g/mol. The summed E-state index contributed by atoms with van der Waals surface area (Å²) in [5, 5.41) is 3.35. The zero-order valence-electron chi connectivity index (χ0n) is 10.8. The number of hydrogen-bond donors (Lipinski definition) is 1. The predicted molar refractivity (Wildman–Crippen MR) is 68.1 cm³/mol. The van der Waals surface area contributed by atoms with Crippen LogP contribution in [0.3, 0.4) is 0 Å². The summed E-state index contributed by atoms with van der Waals surface area (Å²) in [7, 11) is 0. The molecule has 2 fully saturated rings. The Balaban J connectivity index is 1.63. The number of likely N-dealkylation sites (N-methyl/N-ethyl adjacent to an activating group) is 1. The highest BCUT2D eigenvalue weighted by atomic mass is 16.2. The van der Waals surface area contributed by atoms with Crippen molar-refractivity contribution < 1.29 is 4.79 Å². The van der Waals surface area contributed by atoms with Crippen molar-refractivity contribution in [1.29, 1.82) is 0 Å². The summed E-state index contributed by atoms with van der Waals surface area (Å²) in [5.74, 6) is 0. The van der Waals surface area contributed by atoms with E-state index in [1.165, 1.54) is 0 Å². The molecule has 98 valence electrons. The van der Waals surface area contributed by atoms with E-state index in [9.17, 15) is 4.79 Å². The van der Waals surface area contributed by atoms with Crippen LogP contribution in [-0.4, -0.2) is 79.6 Å². The third-order valence-electron chi connectivity index (χ3n) is 3.67. The first-order valence-corrected chi connectivity index (χ1v) is 6.78. The third-order valence-corrected chi connectivity index (χ3v) is 3.67. The minimum Gasteiger partial charge on any atom is -0.323 e. The molecule has 2 aliphatic heterocycles. The smallest absolute Gasteiger partial charge is 0.320 e. The lowest BCUT2D eigenvalue weighted by Gasteiger charge is -2.27. The molecule has 0 bridgehead atoms. The summed E-state index contributed by atoms with van der Waals surface area (Å²) in [4.78, 5) is 18.2. The number of rotatable bonds is 5. The molecule has 2 rings (SSSR count). The van der Waals surface area contributed by atoms with Gasteiger partial charge in [-0.2, -0.15) is 0 Å². The van der Waals surface area contributed by atoms with Crippen molar-refractivity contribution in [2.45, 2.75) is 13.3 Å². The number of hydrogen-bond acceptors (Lipinski definition) is 3. The largest absolute Gasteiger partial charge is 0.323 e. The van der Waals surface area contributed by atoms with E-state index >= 15 is 0 Å². The predicted octanol–water partition coefficient (Wildman–Crippen LogP) is 0.0392. The van der Waals surface area contributed by atoms with Crippen LogP contribution in [0.5, 0.6) is 0 Å². The van der Waals surface area contributed by atoms with E-state index in [0.717, 1.165) is 65.3 Å². The molecule has 0 radical (unpaired) electrons. The summed E-state index contributed by atoms with van der Waals surface area (Å²) in [6.45, 7) is 11.2. The standard InChI is InChI=1S/C12H24N4O/c1-2-15-10-11-16(12(15)17)7-3-6-14-8-4-13-5-9-14/h13H,2-11H2,1H3. The summed E-state index contributed by atoms with van der Waals surface area (Å²) in [5.41, 5.74) is 0. The Bertz CT molecular complexity index is 253. The fourth-order valence-corrected chi connectivity index (χ4v) is 2.55. The SMILES string of the molecule is CCN1CCN(CCCN2CCNCC2)C1=O. The second kappa shape index (κ2) is 6.21. The van der Waals surface area contributed by atoms with E-state index in [2.05, 4.69) is 10.2 Å². The number of amides is 2. The first-order valence-electron chi connectivity index (χ1n) is 6.78. The molecule has 0 aromatic rings. The second-order valence-corrected chi connectivity index (χ2v) is 4.79. The van der Waals surface area contributed by atoms with Gasteiger partial charge in [0.15, 0.2) is 0 Å². The molecule has 0 aromatic carbocycles. The van der Waals surface area contributed by atoms with Crippen molar-refractivity contribution in [3.63, 3.8) is 0 Å². The van der Waals surface area contributed by atoms with E-state index in [0.29, 0.717) is 0 Å². The molecule has 2 aliphatic rings. The molecule has 2 saturated heterocycles. The van der Waals surface area contributed by atoms with Crippen LogP contribution in [0.1, 0.15) is 13.3 Å². The quantitative estimate of drug-likeness (QED) is 0.737. The monoisotopic (exact) mass is 240 g/mol. The normalized spacial score (nSPS) is 22.5. The van der Waals surface area contributed by atoms with Gasteiger partial charge >= 0.3 is 6.03 Å². The number of urea groups is 1. The first kappa shape index (κ1) is 12.6. The fraction of sp³-hybridized carbons (Fsp3) is 0.917.